The Balaban J connectivity index is 1.74. The zero-order valence-electron chi connectivity index (χ0n) is 15.0. The van der Waals surface area contributed by atoms with E-state index in [-0.39, 0.29) is 5.75 Å². The van der Waals surface area contributed by atoms with Gasteiger partial charge >= 0.3 is 6.36 Å². The third kappa shape index (κ3) is 3.61. The van der Waals surface area contributed by atoms with Crippen molar-refractivity contribution in [3.05, 3.63) is 23.8 Å². The molecule has 0 radical (unpaired) electrons. The number of alkyl halides is 3. The number of guanidine groups is 1. The Morgan fingerprint density at radius 3 is 2.56 bits per heavy atom. The molecule has 3 heterocycles. The standard InChI is InChI=1S/C17H19F3N6O/c1-11-10-21-15-13-9-12(27-17(18,19)20)3-4-14(13)22-16(26(15)23-11)25-7-5-24(2)6-8-25/h3-4,9H,5-8,10H2,1-2H3. The molecular formula is C17H19F3N6O. The van der Waals surface area contributed by atoms with E-state index in [1.807, 2.05) is 6.92 Å². The Hall–Kier alpha value is -2.62. The van der Waals surface area contributed by atoms with Crippen LogP contribution in [0, 0.1) is 0 Å². The lowest BCUT2D eigenvalue weighted by Crippen LogP contribution is -2.54. The van der Waals surface area contributed by atoms with Crippen LogP contribution in [0.1, 0.15) is 12.5 Å². The molecule has 0 N–H and O–H groups in total. The molecule has 7 nitrogen and oxygen atoms in total. The Labute approximate surface area is 154 Å². The number of rotatable bonds is 1. The van der Waals surface area contributed by atoms with Gasteiger partial charge in [0.2, 0.25) is 5.96 Å². The van der Waals surface area contributed by atoms with Gasteiger partial charge in [-0.2, -0.15) is 10.1 Å². The lowest BCUT2D eigenvalue weighted by Gasteiger charge is -2.40. The van der Waals surface area contributed by atoms with E-state index >= 15 is 0 Å². The van der Waals surface area contributed by atoms with E-state index in [1.165, 1.54) is 18.2 Å². The van der Waals surface area contributed by atoms with E-state index in [0.717, 1.165) is 31.9 Å². The SMILES string of the molecule is CC1=NN2C(=NC1)c1cc(OC(F)(F)F)ccc1N=C2N1CCN(C)CC1. The maximum absolute atomic E-state index is 12.6. The highest BCUT2D eigenvalue weighted by molar-refractivity contribution is 6.16. The van der Waals surface area contributed by atoms with Gasteiger partial charge in [0, 0.05) is 31.7 Å². The summed E-state index contributed by atoms with van der Waals surface area (Å²) >= 11 is 0. The van der Waals surface area contributed by atoms with Crippen LogP contribution in [-0.4, -0.2) is 78.4 Å². The van der Waals surface area contributed by atoms with Gasteiger partial charge in [-0.1, -0.05) is 0 Å². The molecule has 0 unspecified atom stereocenters. The zero-order chi connectivity index (χ0) is 19.2. The number of benzene rings is 1. The summed E-state index contributed by atoms with van der Waals surface area (Å²) in [6.07, 6.45) is -4.75. The lowest BCUT2D eigenvalue weighted by molar-refractivity contribution is -0.274. The van der Waals surface area contributed by atoms with E-state index in [1.54, 1.807) is 5.01 Å². The predicted octanol–water partition coefficient (Wildman–Crippen LogP) is 2.27. The number of hydrazone groups is 1. The smallest absolute Gasteiger partial charge is 0.406 e. The third-order valence-electron chi connectivity index (χ3n) is 4.57. The number of aliphatic imine (C=N–C) groups is 2. The van der Waals surface area contributed by atoms with Crippen LogP contribution in [0.5, 0.6) is 5.75 Å². The number of piperazine rings is 1. The summed E-state index contributed by atoms with van der Waals surface area (Å²) in [6.45, 7) is 5.63. The molecule has 10 heteroatoms. The molecule has 0 bridgehead atoms. The highest BCUT2D eigenvalue weighted by Gasteiger charge is 2.35. The number of nitrogens with zero attached hydrogens (tertiary/aromatic N) is 6. The van der Waals surface area contributed by atoms with Crippen LogP contribution in [0.15, 0.2) is 33.3 Å². The number of hydrogen-bond acceptors (Lipinski definition) is 7. The van der Waals surface area contributed by atoms with Gasteiger partial charge in [-0.15, -0.1) is 13.2 Å². The molecule has 1 fully saturated rings. The maximum Gasteiger partial charge on any atom is 0.573 e. The fourth-order valence-electron chi connectivity index (χ4n) is 3.20. The first-order valence-corrected chi connectivity index (χ1v) is 8.61. The topological polar surface area (TPSA) is 56.0 Å². The van der Waals surface area contributed by atoms with Crippen LogP contribution in [0.2, 0.25) is 0 Å². The third-order valence-corrected chi connectivity index (χ3v) is 4.57. The Morgan fingerprint density at radius 2 is 1.85 bits per heavy atom. The molecule has 0 saturated carbocycles. The van der Waals surface area contributed by atoms with Crippen LogP contribution in [-0.2, 0) is 0 Å². The summed E-state index contributed by atoms with van der Waals surface area (Å²) in [5.74, 6) is 0.846. The minimum atomic E-state index is -4.75. The molecule has 4 rings (SSSR count). The Morgan fingerprint density at radius 1 is 1.11 bits per heavy atom. The average Bonchev–Trinajstić information content (AvgIpc) is 2.60. The van der Waals surface area contributed by atoms with Gasteiger partial charge in [-0.05, 0) is 32.2 Å². The molecule has 0 aliphatic carbocycles. The summed E-state index contributed by atoms with van der Waals surface area (Å²) < 4.78 is 41.8. The highest BCUT2D eigenvalue weighted by Crippen LogP contribution is 2.34. The van der Waals surface area contributed by atoms with Gasteiger partial charge in [0.05, 0.1) is 17.9 Å². The van der Waals surface area contributed by atoms with Gasteiger partial charge in [-0.25, -0.2) is 4.99 Å². The number of hydrogen-bond donors (Lipinski definition) is 0. The molecule has 3 aliphatic heterocycles. The van der Waals surface area contributed by atoms with E-state index in [4.69, 9.17) is 0 Å². The van der Waals surface area contributed by atoms with Crippen molar-refractivity contribution in [1.29, 1.82) is 0 Å². The number of ether oxygens (including phenoxy) is 1. The largest absolute Gasteiger partial charge is 0.573 e. The number of likely N-dealkylation sites (N-methyl/N-ethyl adjacent to an activating group) is 1. The van der Waals surface area contributed by atoms with Crippen molar-refractivity contribution in [2.24, 2.45) is 15.1 Å². The molecule has 27 heavy (non-hydrogen) atoms. The summed E-state index contributed by atoms with van der Waals surface area (Å²) in [5.41, 5.74) is 1.85. The lowest BCUT2D eigenvalue weighted by atomic mass is 10.1. The number of fused-ring (bicyclic) bond motifs is 3. The van der Waals surface area contributed by atoms with Crippen molar-refractivity contribution in [2.75, 3.05) is 39.8 Å². The second-order valence-electron chi connectivity index (χ2n) is 6.72. The summed E-state index contributed by atoms with van der Waals surface area (Å²) in [4.78, 5) is 13.6. The van der Waals surface area contributed by atoms with Crippen molar-refractivity contribution in [2.45, 2.75) is 13.3 Å². The Kier molecular flexibility index (Phi) is 4.29. The van der Waals surface area contributed by atoms with Crippen molar-refractivity contribution in [3.8, 4) is 5.75 Å². The molecule has 3 aliphatic rings. The van der Waals surface area contributed by atoms with Gasteiger partial charge in [-0.3, -0.25) is 4.99 Å². The van der Waals surface area contributed by atoms with Gasteiger partial charge in [0.1, 0.15) is 5.75 Å². The summed E-state index contributed by atoms with van der Waals surface area (Å²) in [6, 6.07) is 4.11. The average molecular weight is 380 g/mol. The molecule has 144 valence electrons. The normalized spacial score (nSPS) is 20.4. The van der Waals surface area contributed by atoms with Gasteiger partial charge in [0.15, 0.2) is 5.84 Å². The van der Waals surface area contributed by atoms with Crippen LogP contribution < -0.4 is 4.74 Å². The monoisotopic (exact) mass is 380 g/mol. The molecule has 0 aromatic heterocycles. The quantitative estimate of drug-likeness (QED) is 0.750. The van der Waals surface area contributed by atoms with E-state index in [0.29, 0.717) is 29.6 Å². The molecule has 0 amide bonds. The second-order valence-corrected chi connectivity index (χ2v) is 6.72. The molecule has 0 atom stereocenters. The fraction of sp³-hybridized carbons (Fsp3) is 0.471. The van der Waals surface area contributed by atoms with Crippen molar-refractivity contribution in [1.82, 2.24) is 14.8 Å². The fourth-order valence-corrected chi connectivity index (χ4v) is 3.20. The molecule has 1 aromatic rings. The second kappa shape index (κ2) is 6.52. The minimum absolute atomic E-state index is 0.298. The van der Waals surface area contributed by atoms with Gasteiger partial charge < -0.3 is 14.5 Å². The van der Waals surface area contributed by atoms with Crippen LogP contribution >= 0.6 is 0 Å². The first kappa shape index (κ1) is 17.8. The van der Waals surface area contributed by atoms with Crippen LogP contribution in [0.25, 0.3) is 0 Å². The van der Waals surface area contributed by atoms with Gasteiger partial charge in [0.25, 0.3) is 0 Å². The molecule has 1 aromatic carbocycles. The summed E-state index contributed by atoms with van der Waals surface area (Å²) in [5, 5.41) is 6.18. The summed E-state index contributed by atoms with van der Waals surface area (Å²) in [7, 11) is 2.06. The van der Waals surface area contributed by atoms with E-state index < -0.39 is 6.36 Å². The Bertz CT molecular complexity index is 840. The van der Waals surface area contributed by atoms with Crippen LogP contribution in [0.4, 0.5) is 18.9 Å². The maximum atomic E-state index is 12.6. The first-order valence-electron chi connectivity index (χ1n) is 8.61. The van der Waals surface area contributed by atoms with Crippen molar-refractivity contribution < 1.29 is 17.9 Å². The van der Waals surface area contributed by atoms with Crippen LogP contribution in [0.3, 0.4) is 0 Å². The zero-order valence-corrected chi connectivity index (χ0v) is 15.0. The molecule has 0 spiro atoms. The predicted molar refractivity (Wildman–Crippen MR) is 95.6 cm³/mol. The van der Waals surface area contributed by atoms with E-state index in [9.17, 15) is 13.2 Å². The van der Waals surface area contributed by atoms with Crippen molar-refractivity contribution >= 4 is 23.2 Å². The molecular weight excluding hydrogens is 361 g/mol. The highest BCUT2D eigenvalue weighted by atomic mass is 19.4. The van der Waals surface area contributed by atoms with Crippen molar-refractivity contribution in [3.63, 3.8) is 0 Å². The first-order chi connectivity index (χ1) is 12.8. The minimum Gasteiger partial charge on any atom is -0.406 e. The van der Waals surface area contributed by atoms with E-state index in [2.05, 4.69) is 36.7 Å². The number of amidine groups is 1. The molecule has 1 saturated heterocycles. The number of halogens is 3.